The van der Waals surface area contributed by atoms with E-state index in [1.807, 2.05) is 0 Å². The zero-order chi connectivity index (χ0) is 16.7. The Morgan fingerprint density at radius 2 is 1.52 bits per heavy atom. The SMILES string of the molecule is Cc1cc2cccc3c4ccccc4n4c5ccc(Br)cc5c1c4c23. The Kier molecular flexibility index (Phi) is 2.48. The molecule has 0 amide bonds. The van der Waals surface area contributed by atoms with Gasteiger partial charge in [0.1, 0.15) is 0 Å². The van der Waals surface area contributed by atoms with E-state index in [4.69, 9.17) is 0 Å². The number of hydrogen-bond acceptors (Lipinski definition) is 0. The minimum absolute atomic E-state index is 1.12. The fourth-order valence-corrected chi connectivity index (χ4v) is 4.89. The number of para-hydroxylation sites is 1. The molecular formula is C23H14BrN. The van der Waals surface area contributed by atoms with E-state index in [1.54, 1.807) is 0 Å². The molecule has 0 fully saturated rings. The second-order valence-corrected chi connectivity index (χ2v) is 7.75. The standard InChI is InChI=1S/C23H14BrN/c1-13-11-14-5-4-7-17-16-6-2-3-8-19(16)25-20-10-9-15(24)12-18(20)21(13)23(25)22(14)17/h2-12H,1H3. The topological polar surface area (TPSA) is 4.41 Å². The van der Waals surface area contributed by atoms with Gasteiger partial charge in [0.2, 0.25) is 0 Å². The molecule has 0 aliphatic carbocycles. The van der Waals surface area contributed by atoms with Crippen LogP contribution in [-0.4, -0.2) is 4.40 Å². The molecule has 25 heavy (non-hydrogen) atoms. The number of halogens is 1. The summed E-state index contributed by atoms with van der Waals surface area (Å²) in [5, 5.41) is 8.02. The molecule has 0 unspecified atom stereocenters. The van der Waals surface area contributed by atoms with Crippen molar-refractivity contribution < 1.29 is 0 Å². The molecule has 0 aliphatic heterocycles. The Morgan fingerprint density at radius 1 is 0.720 bits per heavy atom. The lowest BCUT2D eigenvalue weighted by atomic mass is 9.96. The first-order valence-corrected chi connectivity index (χ1v) is 9.29. The smallest absolute Gasteiger partial charge is 0.0628 e. The van der Waals surface area contributed by atoms with E-state index in [1.165, 1.54) is 54.4 Å². The molecule has 0 spiro atoms. The zero-order valence-corrected chi connectivity index (χ0v) is 15.3. The van der Waals surface area contributed by atoms with Gasteiger partial charge in [0.25, 0.3) is 0 Å². The minimum atomic E-state index is 1.12. The predicted molar refractivity (Wildman–Crippen MR) is 111 cm³/mol. The minimum Gasteiger partial charge on any atom is -0.308 e. The number of aryl methyl sites for hydroxylation is 1. The van der Waals surface area contributed by atoms with Crippen molar-refractivity contribution in [2.45, 2.75) is 6.92 Å². The number of benzene rings is 4. The van der Waals surface area contributed by atoms with Crippen LogP contribution in [0.15, 0.2) is 71.2 Å². The number of fused-ring (bicyclic) bond motifs is 6. The average Bonchev–Trinajstić information content (AvgIpc) is 2.97. The first-order valence-electron chi connectivity index (χ1n) is 8.50. The van der Waals surface area contributed by atoms with Crippen LogP contribution < -0.4 is 0 Å². The largest absolute Gasteiger partial charge is 0.308 e. The molecule has 0 N–H and O–H groups in total. The summed E-state index contributed by atoms with van der Waals surface area (Å²) in [7, 11) is 0. The summed E-state index contributed by atoms with van der Waals surface area (Å²) in [5.41, 5.74) is 5.23. The maximum atomic E-state index is 3.66. The van der Waals surface area contributed by atoms with Crippen molar-refractivity contribution in [2.75, 3.05) is 0 Å². The Bertz CT molecular complexity index is 1460. The van der Waals surface area contributed by atoms with Crippen LogP contribution in [0.25, 0.3) is 48.9 Å². The lowest BCUT2D eigenvalue weighted by molar-refractivity contribution is 1.35. The van der Waals surface area contributed by atoms with E-state index in [0.29, 0.717) is 0 Å². The van der Waals surface area contributed by atoms with Crippen LogP contribution >= 0.6 is 15.9 Å². The maximum Gasteiger partial charge on any atom is 0.0628 e. The van der Waals surface area contributed by atoms with Gasteiger partial charge in [0, 0.05) is 26.0 Å². The summed E-state index contributed by atoms with van der Waals surface area (Å²) in [5.74, 6) is 0. The van der Waals surface area contributed by atoms with Gasteiger partial charge in [-0.1, -0.05) is 58.4 Å². The van der Waals surface area contributed by atoms with Gasteiger partial charge in [-0.15, -0.1) is 0 Å². The Hall–Kier alpha value is -2.58. The fourth-order valence-electron chi connectivity index (χ4n) is 4.53. The summed E-state index contributed by atoms with van der Waals surface area (Å²) < 4.78 is 3.58. The van der Waals surface area contributed by atoms with Crippen LogP contribution in [0.3, 0.4) is 0 Å². The van der Waals surface area contributed by atoms with Crippen molar-refractivity contribution in [3.05, 3.63) is 76.8 Å². The van der Waals surface area contributed by atoms with Crippen molar-refractivity contribution in [1.82, 2.24) is 4.40 Å². The molecule has 6 rings (SSSR count). The number of aromatic nitrogens is 1. The van der Waals surface area contributed by atoms with Gasteiger partial charge in [-0.3, -0.25) is 0 Å². The molecule has 6 aromatic rings. The third kappa shape index (κ3) is 1.58. The summed E-state index contributed by atoms with van der Waals surface area (Å²) in [6.45, 7) is 2.23. The molecular weight excluding hydrogens is 370 g/mol. The fraction of sp³-hybridized carbons (Fsp3) is 0.0435. The van der Waals surface area contributed by atoms with Crippen molar-refractivity contribution in [2.24, 2.45) is 0 Å². The molecule has 1 nitrogen and oxygen atoms in total. The Morgan fingerprint density at radius 3 is 2.44 bits per heavy atom. The van der Waals surface area contributed by atoms with Gasteiger partial charge in [-0.25, -0.2) is 0 Å². The molecule has 0 radical (unpaired) electrons. The number of rotatable bonds is 0. The molecule has 2 aromatic heterocycles. The molecule has 2 heterocycles. The van der Waals surface area contributed by atoms with E-state index < -0.39 is 0 Å². The van der Waals surface area contributed by atoms with Crippen LogP contribution in [0.1, 0.15) is 5.56 Å². The van der Waals surface area contributed by atoms with Gasteiger partial charge in [-0.05, 0) is 47.5 Å². The van der Waals surface area contributed by atoms with Crippen LogP contribution in [0.4, 0.5) is 0 Å². The Balaban J connectivity index is 2.15. The summed E-state index contributed by atoms with van der Waals surface area (Å²) in [6, 6.07) is 24.4. The first-order chi connectivity index (χ1) is 12.2. The molecule has 2 heteroatoms. The van der Waals surface area contributed by atoms with Crippen molar-refractivity contribution >= 4 is 64.8 Å². The van der Waals surface area contributed by atoms with E-state index in [9.17, 15) is 0 Å². The molecule has 0 aliphatic rings. The molecule has 4 aromatic carbocycles. The van der Waals surface area contributed by atoms with Crippen LogP contribution in [0.2, 0.25) is 0 Å². The summed E-state index contributed by atoms with van der Waals surface area (Å²) in [6.07, 6.45) is 0. The molecule has 0 atom stereocenters. The van der Waals surface area contributed by atoms with Crippen molar-refractivity contribution in [3.8, 4) is 0 Å². The van der Waals surface area contributed by atoms with Crippen LogP contribution in [-0.2, 0) is 0 Å². The van der Waals surface area contributed by atoms with E-state index in [-0.39, 0.29) is 0 Å². The molecule has 0 saturated heterocycles. The molecule has 0 bridgehead atoms. The average molecular weight is 384 g/mol. The first kappa shape index (κ1) is 13.7. The van der Waals surface area contributed by atoms with Crippen molar-refractivity contribution in [3.63, 3.8) is 0 Å². The molecule has 0 saturated carbocycles. The second-order valence-electron chi connectivity index (χ2n) is 6.83. The number of nitrogens with zero attached hydrogens (tertiary/aromatic N) is 1. The highest BCUT2D eigenvalue weighted by atomic mass is 79.9. The van der Waals surface area contributed by atoms with Gasteiger partial charge >= 0.3 is 0 Å². The van der Waals surface area contributed by atoms with Crippen molar-refractivity contribution in [1.29, 1.82) is 0 Å². The van der Waals surface area contributed by atoms with Gasteiger partial charge in [0.05, 0.1) is 16.6 Å². The Labute approximate surface area is 152 Å². The van der Waals surface area contributed by atoms with Gasteiger partial charge in [-0.2, -0.15) is 0 Å². The van der Waals surface area contributed by atoms with E-state index >= 15 is 0 Å². The third-order valence-electron chi connectivity index (χ3n) is 5.46. The normalized spacial score (nSPS) is 12.4. The summed E-state index contributed by atoms with van der Waals surface area (Å²) in [4.78, 5) is 0. The van der Waals surface area contributed by atoms with E-state index in [0.717, 1.165) is 4.47 Å². The van der Waals surface area contributed by atoms with Gasteiger partial charge < -0.3 is 4.40 Å². The lowest BCUT2D eigenvalue weighted by Gasteiger charge is -2.13. The second kappa shape index (κ2) is 4.53. The number of pyridine rings is 1. The van der Waals surface area contributed by atoms with Crippen LogP contribution in [0, 0.1) is 6.92 Å². The summed E-state index contributed by atoms with van der Waals surface area (Å²) >= 11 is 3.66. The zero-order valence-electron chi connectivity index (χ0n) is 13.7. The highest BCUT2D eigenvalue weighted by molar-refractivity contribution is 9.10. The van der Waals surface area contributed by atoms with Gasteiger partial charge in [0.15, 0.2) is 0 Å². The third-order valence-corrected chi connectivity index (χ3v) is 5.96. The maximum absolute atomic E-state index is 3.66. The quantitative estimate of drug-likeness (QED) is 0.195. The predicted octanol–water partition coefficient (Wildman–Crippen LogP) is 7.06. The highest BCUT2D eigenvalue weighted by Gasteiger charge is 2.19. The number of hydrogen-bond donors (Lipinski definition) is 0. The molecule has 118 valence electrons. The highest BCUT2D eigenvalue weighted by Crippen LogP contribution is 2.42. The lowest BCUT2D eigenvalue weighted by Crippen LogP contribution is -1.92. The monoisotopic (exact) mass is 383 g/mol. The van der Waals surface area contributed by atoms with Crippen LogP contribution in [0.5, 0.6) is 0 Å². The van der Waals surface area contributed by atoms with E-state index in [2.05, 4.69) is 94.0 Å².